The first-order valence-corrected chi connectivity index (χ1v) is 9.84. The summed E-state index contributed by atoms with van der Waals surface area (Å²) in [5.41, 5.74) is 8.88. The molecule has 8 nitrogen and oxygen atoms in total. The maximum Gasteiger partial charge on any atom is 0.232 e. The number of aliphatic hydroxyl groups is 1. The van der Waals surface area contributed by atoms with Gasteiger partial charge >= 0.3 is 0 Å². The molecule has 2 aromatic rings. The molecule has 1 aromatic carbocycles. The summed E-state index contributed by atoms with van der Waals surface area (Å²) < 4.78 is 0. The standard InChI is InChI=1S/C21H24N6O2/c1-12-10-24-17(11-23-12)25-16-5-3-4-15-14(16)8-21(15)9-18(28)27(19(22)26-21)13-6-20(2,29)7-13/h3-5,10-11,13,29H,6-9H2,1-2H3,(H2,22,26)(H,24,25)/t13?,20?,21-/m0/s1. The molecule has 0 saturated heterocycles. The highest BCUT2D eigenvalue weighted by atomic mass is 16.3. The second-order valence-corrected chi connectivity index (χ2v) is 8.68. The van der Waals surface area contributed by atoms with E-state index in [2.05, 4.69) is 15.3 Å². The van der Waals surface area contributed by atoms with E-state index < -0.39 is 11.1 Å². The number of anilines is 2. The molecule has 0 bridgehead atoms. The molecule has 8 heteroatoms. The van der Waals surface area contributed by atoms with Crippen molar-refractivity contribution in [1.29, 1.82) is 0 Å². The SMILES string of the molecule is Cc1cnc(Nc2cccc3c2C[C@]32CC(=O)N(C3CC(C)(O)C3)C(N)=N2)cn1. The lowest BCUT2D eigenvalue weighted by molar-refractivity contribution is -0.139. The van der Waals surface area contributed by atoms with Crippen LogP contribution in [0.2, 0.25) is 0 Å². The Hall–Kier alpha value is -3.00. The number of aryl methyl sites for hydroxylation is 1. The fraction of sp³-hybridized carbons (Fsp3) is 0.429. The Kier molecular flexibility index (Phi) is 3.73. The van der Waals surface area contributed by atoms with E-state index >= 15 is 0 Å². The van der Waals surface area contributed by atoms with Gasteiger partial charge in [0.05, 0.1) is 30.1 Å². The minimum absolute atomic E-state index is 0.0218. The minimum atomic E-state index is -0.719. The third kappa shape index (κ3) is 2.86. The first kappa shape index (κ1) is 18.1. The Bertz CT molecular complexity index is 1020. The third-order valence-corrected chi connectivity index (χ3v) is 6.19. The fourth-order valence-corrected chi connectivity index (χ4v) is 4.77. The minimum Gasteiger partial charge on any atom is -0.390 e. The van der Waals surface area contributed by atoms with E-state index in [9.17, 15) is 9.90 Å². The van der Waals surface area contributed by atoms with Crippen molar-refractivity contribution in [1.82, 2.24) is 14.9 Å². The summed E-state index contributed by atoms with van der Waals surface area (Å²) in [5.74, 6) is 0.914. The quantitative estimate of drug-likeness (QED) is 0.733. The predicted octanol–water partition coefficient (Wildman–Crippen LogP) is 1.74. The molecule has 1 saturated carbocycles. The van der Waals surface area contributed by atoms with Gasteiger partial charge < -0.3 is 16.2 Å². The first-order valence-electron chi connectivity index (χ1n) is 9.84. The zero-order valence-corrected chi connectivity index (χ0v) is 16.5. The molecule has 1 spiro atoms. The zero-order valence-electron chi connectivity index (χ0n) is 16.5. The predicted molar refractivity (Wildman–Crippen MR) is 109 cm³/mol. The molecule has 1 aliphatic heterocycles. The van der Waals surface area contributed by atoms with E-state index in [1.165, 1.54) is 0 Å². The van der Waals surface area contributed by atoms with Gasteiger partial charge in [0.2, 0.25) is 5.91 Å². The van der Waals surface area contributed by atoms with Crippen molar-refractivity contribution < 1.29 is 9.90 Å². The molecular weight excluding hydrogens is 368 g/mol. The number of nitrogens with zero attached hydrogens (tertiary/aromatic N) is 4. The van der Waals surface area contributed by atoms with Crippen LogP contribution < -0.4 is 11.1 Å². The summed E-state index contributed by atoms with van der Waals surface area (Å²) in [6, 6.07) is 5.90. The molecule has 1 fully saturated rings. The molecule has 1 amide bonds. The van der Waals surface area contributed by atoms with Crippen LogP contribution in [0.4, 0.5) is 11.5 Å². The van der Waals surface area contributed by atoms with Gasteiger partial charge in [-0.3, -0.25) is 14.7 Å². The molecule has 29 heavy (non-hydrogen) atoms. The second kappa shape index (κ2) is 6.00. The maximum absolute atomic E-state index is 12.9. The Morgan fingerprint density at radius 2 is 2.03 bits per heavy atom. The molecule has 150 valence electrons. The summed E-state index contributed by atoms with van der Waals surface area (Å²) in [5, 5.41) is 13.3. The zero-order chi connectivity index (χ0) is 20.4. The van der Waals surface area contributed by atoms with Crippen LogP contribution in [0.25, 0.3) is 0 Å². The Morgan fingerprint density at radius 3 is 2.69 bits per heavy atom. The van der Waals surface area contributed by atoms with Gasteiger partial charge in [-0.2, -0.15) is 0 Å². The van der Waals surface area contributed by atoms with E-state index in [4.69, 9.17) is 10.7 Å². The summed E-state index contributed by atoms with van der Waals surface area (Å²) in [7, 11) is 0. The number of aliphatic imine (C=N–C) groups is 1. The Labute approximate surface area is 168 Å². The Balaban J connectivity index is 1.41. The number of fused-ring (bicyclic) bond motifs is 2. The lowest BCUT2D eigenvalue weighted by atomic mass is 9.67. The van der Waals surface area contributed by atoms with Crippen molar-refractivity contribution in [2.45, 2.75) is 56.7 Å². The van der Waals surface area contributed by atoms with Gasteiger partial charge in [-0.1, -0.05) is 12.1 Å². The van der Waals surface area contributed by atoms with E-state index in [-0.39, 0.29) is 17.9 Å². The number of nitrogens with two attached hydrogens (primary N) is 1. The van der Waals surface area contributed by atoms with Gasteiger partial charge in [0.25, 0.3) is 0 Å². The normalized spacial score (nSPS) is 30.3. The molecule has 3 aliphatic rings. The molecule has 1 aromatic heterocycles. The van der Waals surface area contributed by atoms with Gasteiger partial charge in [0.15, 0.2) is 5.96 Å². The van der Waals surface area contributed by atoms with Crippen molar-refractivity contribution in [3.05, 3.63) is 47.4 Å². The molecule has 2 heterocycles. The summed E-state index contributed by atoms with van der Waals surface area (Å²) in [6.07, 6.45) is 5.43. The van der Waals surface area contributed by atoms with Crippen LogP contribution in [-0.4, -0.2) is 43.5 Å². The average Bonchev–Trinajstić information content (AvgIpc) is 2.62. The van der Waals surface area contributed by atoms with Crippen LogP contribution in [-0.2, 0) is 16.8 Å². The van der Waals surface area contributed by atoms with E-state index in [0.29, 0.717) is 31.5 Å². The Morgan fingerprint density at radius 1 is 1.24 bits per heavy atom. The van der Waals surface area contributed by atoms with E-state index in [0.717, 1.165) is 22.5 Å². The average molecular weight is 392 g/mol. The van der Waals surface area contributed by atoms with Crippen LogP contribution in [0.5, 0.6) is 0 Å². The number of carbonyl (C=O) groups is 1. The number of aromatic nitrogens is 2. The summed E-state index contributed by atoms with van der Waals surface area (Å²) in [4.78, 5) is 27.9. The molecular formula is C21H24N6O2. The smallest absolute Gasteiger partial charge is 0.232 e. The highest BCUT2D eigenvalue weighted by Gasteiger charge is 2.53. The first-order chi connectivity index (χ1) is 13.8. The molecule has 1 atom stereocenters. The second-order valence-electron chi connectivity index (χ2n) is 8.68. The van der Waals surface area contributed by atoms with Crippen LogP contribution in [0, 0.1) is 6.92 Å². The fourth-order valence-electron chi connectivity index (χ4n) is 4.77. The van der Waals surface area contributed by atoms with Gasteiger partial charge in [-0.15, -0.1) is 0 Å². The van der Waals surface area contributed by atoms with Crippen molar-refractivity contribution >= 4 is 23.4 Å². The number of hydrogen-bond donors (Lipinski definition) is 3. The van der Waals surface area contributed by atoms with Crippen molar-refractivity contribution in [2.24, 2.45) is 10.7 Å². The number of benzene rings is 1. The molecule has 2 aliphatic carbocycles. The van der Waals surface area contributed by atoms with Crippen molar-refractivity contribution in [3.8, 4) is 0 Å². The van der Waals surface area contributed by atoms with E-state index in [1.807, 2.05) is 25.1 Å². The third-order valence-electron chi connectivity index (χ3n) is 6.19. The molecule has 0 radical (unpaired) electrons. The highest BCUT2D eigenvalue weighted by molar-refractivity contribution is 6.00. The topological polar surface area (TPSA) is 117 Å². The van der Waals surface area contributed by atoms with Crippen LogP contribution in [0.3, 0.4) is 0 Å². The van der Waals surface area contributed by atoms with Crippen LogP contribution >= 0.6 is 0 Å². The number of amides is 1. The summed E-state index contributed by atoms with van der Waals surface area (Å²) in [6.45, 7) is 3.67. The monoisotopic (exact) mass is 392 g/mol. The maximum atomic E-state index is 12.9. The number of rotatable bonds is 3. The van der Waals surface area contributed by atoms with Crippen molar-refractivity contribution in [2.75, 3.05) is 5.32 Å². The van der Waals surface area contributed by atoms with Gasteiger partial charge in [-0.25, -0.2) is 9.98 Å². The molecule has 4 N–H and O–H groups in total. The number of guanidine groups is 1. The number of carbonyl (C=O) groups excluding carboxylic acids is 1. The van der Waals surface area contributed by atoms with E-state index in [1.54, 1.807) is 24.2 Å². The summed E-state index contributed by atoms with van der Waals surface area (Å²) >= 11 is 0. The molecule has 5 rings (SSSR count). The van der Waals surface area contributed by atoms with Gasteiger partial charge in [-0.05, 0) is 43.9 Å². The van der Waals surface area contributed by atoms with Crippen LogP contribution in [0.1, 0.15) is 43.0 Å². The van der Waals surface area contributed by atoms with Gasteiger partial charge in [0, 0.05) is 18.2 Å². The highest BCUT2D eigenvalue weighted by Crippen LogP contribution is 2.50. The largest absolute Gasteiger partial charge is 0.390 e. The lowest BCUT2D eigenvalue weighted by Crippen LogP contribution is -2.62. The lowest BCUT2D eigenvalue weighted by Gasteiger charge is -2.51. The number of hydrogen-bond acceptors (Lipinski definition) is 7. The van der Waals surface area contributed by atoms with Crippen molar-refractivity contribution in [3.63, 3.8) is 0 Å². The van der Waals surface area contributed by atoms with Crippen LogP contribution in [0.15, 0.2) is 35.6 Å². The molecule has 0 unspecified atom stereocenters. The number of nitrogens with one attached hydrogen (secondary N) is 1. The van der Waals surface area contributed by atoms with Gasteiger partial charge in [0.1, 0.15) is 11.4 Å².